The predicted molar refractivity (Wildman–Crippen MR) is 133 cm³/mol. The van der Waals surface area contributed by atoms with Crippen molar-refractivity contribution in [2.24, 2.45) is 5.92 Å². The Morgan fingerprint density at radius 1 is 1.15 bits per heavy atom. The zero-order valence-corrected chi connectivity index (χ0v) is 19.8. The van der Waals surface area contributed by atoms with Crippen molar-refractivity contribution in [2.45, 2.75) is 31.3 Å². The number of amides is 2. The van der Waals surface area contributed by atoms with E-state index in [1.807, 2.05) is 43.3 Å². The Morgan fingerprint density at radius 3 is 2.71 bits per heavy atom. The fourth-order valence-corrected chi connectivity index (χ4v) is 5.44. The summed E-state index contributed by atoms with van der Waals surface area (Å²) in [7, 11) is 1.54. The molecule has 174 valence electrons. The molecular formula is C27H26ClN3O3. The number of fused-ring (bicyclic) bond motifs is 2. The number of carbonyl (C=O) groups excluding carboxylic acids is 2. The lowest BCUT2D eigenvalue weighted by molar-refractivity contribution is -0.130. The maximum absolute atomic E-state index is 13.8. The summed E-state index contributed by atoms with van der Waals surface area (Å²) in [6.07, 6.45) is 1.21. The molecule has 0 aliphatic carbocycles. The number of hydrogen-bond acceptors (Lipinski definition) is 4. The average molecular weight is 476 g/mol. The molecule has 3 atom stereocenters. The topological polar surface area (TPSA) is 79.5 Å². The second-order valence-corrected chi connectivity index (χ2v) is 9.35. The number of nitrogens with one attached hydrogen (secondary N) is 3. The molecule has 2 heterocycles. The molecule has 1 spiro atoms. The molecule has 7 heteroatoms. The summed E-state index contributed by atoms with van der Waals surface area (Å²) in [5.41, 5.74) is 3.02. The summed E-state index contributed by atoms with van der Waals surface area (Å²) in [6.45, 7) is 1.96. The van der Waals surface area contributed by atoms with Crippen LogP contribution in [0.2, 0.25) is 5.02 Å². The molecule has 6 nitrogen and oxygen atoms in total. The van der Waals surface area contributed by atoms with Gasteiger partial charge in [0.2, 0.25) is 11.8 Å². The molecule has 0 saturated carbocycles. The number of halogens is 1. The summed E-state index contributed by atoms with van der Waals surface area (Å²) >= 11 is 6.18. The minimum atomic E-state index is -1.16. The third-order valence-corrected chi connectivity index (χ3v) is 7.06. The number of ether oxygens (including phenoxy) is 1. The lowest BCUT2D eigenvalue weighted by Crippen LogP contribution is -2.52. The highest BCUT2D eigenvalue weighted by atomic mass is 35.5. The number of aryl methyl sites for hydroxylation is 1. The second-order valence-electron chi connectivity index (χ2n) is 8.91. The molecule has 0 radical (unpaired) electrons. The SMILES string of the molecule is COc1ccc(Cl)cc1NC(=O)[C@H]1C[C@H](Cc2ccccc2)N[C@@]12C(=O)Nc1c(C)cccc12. The minimum absolute atomic E-state index is 0.0587. The quantitative estimate of drug-likeness (QED) is 0.501. The molecule has 2 amide bonds. The van der Waals surface area contributed by atoms with Gasteiger partial charge in [-0.25, -0.2) is 0 Å². The van der Waals surface area contributed by atoms with Crippen LogP contribution < -0.4 is 20.7 Å². The highest BCUT2D eigenvalue weighted by Gasteiger charge is 2.60. The van der Waals surface area contributed by atoms with Crippen molar-refractivity contribution in [1.82, 2.24) is 5.32 Å². The molecule has 0 aromatic heterocycles. The van der Waals surface area contributed by atoms with Crippen LogP contribution in [0, 0.1) is 12.8 Å². The van der Waals surface area contributed by atoms with E-state index in [1.165, 1.54) is 7.11 Å². The minimum Gasteiger partial charge on any atom is -0.495 e. The standard InChI is InChI=1S/C27H26ClN3O3/c1-16-7-6-10-20-24(16)30-26(33)27(20)21(15-19(31-27)13-17-8-4-3-5-9-17)25(32)29-22-14-18(28)11-12-23(22)34-2/h3-12,14,19,21,31H,13,15H2,1-2H3,(H,29,32)(H,30,33)/t19-,21+,27+/m0/s1. The van der Waals surface area contributed by atoms with E-state index >= 15 is 0 Å². The maximum atomic E-state index is 13.8. The molecule has 1 fully saturated rings. The van der Waals surface area contributed by atoms with Crippen LogP contribution in [0.4, 0.5) is 11.4 Å². The van der Waals surface area contributed by atoms with Crippen LogP contribution in [0.3, 0.4) is 0 Å². The Hall–Kier alpha value is -3.35. The summed E-state index contributed by atoms with van der Waals surface area (Å²) < 4.78 is 5.41. The molecule has 2 aliphatic heterocycles. The number of carbonyl (C=O) groups is 2. The Labute approximate surface area is 203 Å². The summed E-state index contributed by atoms with van der Waals surface area (Å²) in [5.74, 6) is -0.586. The lowest BCUT2D eigenvalue weighted by atomic mass is 9.79. The highest BCUT2D eigenvalue weighted by Crippen LogP contribution is 2.48. The molecule has 3 N–H and O–H groups in total. The molecule has 1 saturated heterocycles. The molecule has 0 unspecified atom stereocenters. The predicted octanol–water partition coefficient (Wildman–Crippen LogP) is 4.66. The van der Waals surface area contributed by atoms with Crippen LogP contribution in [0.5, 0.6) is 5.75 Å². The van der Waals surface area contributed by atoms with Crippen LogP contribution in [0.15, 0.2) is 66.7 Å². The van der Waals surface area contributed by atoms with Crippen LogP contribution in [0.25, 0.3) is 0 Å². The van der Waals surface area contributed by atoms with E-state index in [0.717, 1.165) is 22.4 Å². The van der Waals surface area contributed by atoms with Gasteiger partial charge >= 0.3 is 0 Å². The maximum Gasteiger partial charge on any atom is 0.250 e. The van der Waals surface area contributed by atoms with Crippen molar-refractivity contribution in [3.8, 4) is 5.75 Å². The number of benzene rings is 3. The van der Waals surface area contributed by atoms with E-state index in [0.29, 0.717) is 29.3 Å². The van der Waals surface area contributed by atoms with Crippen LogP contribution in [0.1, 0.15) is 23.1 Å². The van der Waals surface area contributed by atoms with Crippen molar-refractivity contribution in [2.75, 3.05) is 17.7 Å². The zero-order valence-electron chi connectivity index (χ0n) is 19.0. The van der Waals surface area contributed by atoms with Crippen molar-refractivity contribution < 1.29 is 14.3 Å². The van der Waals surface area contributed by atoms with Crippen LogP contribution in [-0.2, 0) is 21.5 Å². The first-order chi connectivity index (χ1) is 16.4. The number of rotatable bonds is 5. The van der Waals surface area contributed by atoms with Crippen molar-refractivity contribution in [1.29, 1.82) is 0 Å². The first kappa shape index (κ1) is 22.4. The van der Waals surface area contributed by atoms with Crippen LogP contribution >= 0.6 is 11.6 Å². The first-order valence-electron chi connectivity index (χ1n) is 11.3. The summed E-state index contributed by atoms with van der Waals surface area (Å²) in [4.78, 5) is 27.3. The Bertz CT molecular complexity index is 1260. The molecule has 3 aromatic rings. The van der Waals surface area contributed by atoms with Crippen molar-refractivity contribution in [3.63, 3.8) is 0 Å². The van der Waals surface area contributed by atoms with Gasteiger partial charge in [0, 0.05) is 22.3 Å². The zero-order chi connectivity index (χ0) is 23.9. The van der Waals surface area contributed by atoms with Crippen molar-refractivity contribution in [3.05, 3.63) is 88.4 Å². The summed E-state index contributed by atoms with van der Waals surface area (Å²) in [6, 6.07) is 20.9. The van der Waals surface area contributed by atoms with Gasteiger partial charge in [-0.1, -0.05) is 60.1 Å². The molecule has 34 heavy (non-hydrogen) atoms. The van der Waals surface area contributed by atoms with Gasteiger partial charge in [-0.2, -0.15) is 0 Å². The Balaban J connectivity index is 1.54. The number of hydrogen-bond donors (Lipinski definition) is 3. The smallest absolute Gasteiger partial charge is 0.250 e. The number of para-hydroxylation sites is 1. The van der Waals surface area contributed by atoms with Gasteiger partial charge in [-0.05, 0) is 49.1 Å². The molecular weight excluding hydrogens is 450 g/mol. The average Bonchev–Trinajstić information content (AvgIpc) is 3.34. The van der Waals surface area contributed by atoms with E-state index < -0.39 is 11.5 Å². The van der Waals surface area contributed by atoms with Crippen molar-refractivity contribution >= 4 is 34.8 Å². The Kier molecular flexibility index (Phi) is 5.80. The first-order valence-corrected chi connectivity index (χ1v) is 11.7. The fraction of sp³-hybridized carbons (Fsp3) is 0.259. The Morgan fingerprint density at radius 2 is 1.94 bits per heavy atom. The van der Waals surface area contributed by atoms with Gasteiger partial charge in [-0.3, -0.25) is 14.9 Å². The van der Waals surface area contributed by atoms with E-state index in [2.05, 4.69) is 28.1 Å². The normalized spacial score (nSPS) is 23.0. The highest BCUT2D eigenvalue weighted by molar-refractivity contribution is 6.31. The largest absolute Gasteiger partial charge is 0.495 e. The monoisotopic (exact) mass is 475 g/mol. The third-order valence-electron chi connectivity index (χ3n) is 6.83. The van der Waals surface area contributed by atoms with Gasteiger partial charge in [-0.15, -0.1) is 0 Å². The van der Waals surface area contributed by atoms with Gasteiger partial charge < -0.3 is 15.4 Å². The second kappa shape index (κ2) is 8.78. The lowest BCUT2D eigenvalue weighted by Gasteiger charge is -2.29. The van der Waals surface area contributed by atoms with E-state index in [9.17, 15) is 9.59 Å². The molecule has 3 aromatic carbocycles. The van der Waals surface area contributed by atoms with Gasteiger partial charge in [0.25, 0.3) is 0 Å². The van der Waals surface area contributed by atoms with E-state index in [1.54, 1.807) is 18.2 Å². The molecule has 2 aliphatic rings. The molecule has 5 rings (SSSR count). The van der Waals surface area contributed by atoms with Gasteiger partial charge in [0.15, 0.2) is 0 Å². The van der Waals surface area contributed by atoms with Crippen LogP contribution in [-0.4, -0.2) is 25.0 Å². The number of methoxy groups -OCH3 is 1. The van der Waals surface area contributed by atoms with Gasteiger partial charge in [0.05, 0.1) is 18.7 Å². The van der Waals surface area contributed by atoms with E-state index in [4.69, 9.17) is 16.3 Å². The number of anilines is 2. The molecule has 0 bridgehead atoms. The van der Waals surface area contributed by atoms with Gasteiger partial charge in [0.1, 0.15) is 11.3 Å². The summed E-state index contributed by atoms with van der Waals surface area (Å²) in [5, 5.41) is 10.1. The van der Waals surface area contributed by atoms with E-state index in [-0.39, 0.29) is 17.9 Å². The third kappa shape index (κ3) is 3.73. The fourth-order valence-electron chi connectivity index (χ4n) is 5.26.